The van der Waals surface area contributed by atoms with Crippen molar-refractivity contribution in [1.29, 1.82) is 0 Å². The minimum atomic E-state index is 0.00365. The molecule has 3 aromatic rings. The van der Waals surface area contributed by atoms with E-state index in [-0.39, 0.29) is 18.2 Å². The summed E-state index contributed by atoms with van der Waals surface area (Å²) in [5.74, 6) is 0.862. The Morgan fingerprint density at radius 2 is 1.93 bits per heavy atom. The van der Waals surface area contributed by atoms with E-state index < -0.39 is 0 Å². The van der Waals surface area contributed by atoms with Gasteiger partial charge in [-0.15, -0.1) is 11.3 Å². The number of nitrogens with one attached hydrogen (secondary N) is 1. The van der Waals surface area contributed by atoms with Gasteiger partial charge in [-0.05, 0) is 73.9 Å². The van der Waals surface area contributed by atoms with Crippen molar-refractivity contribution >= 4 is 34.4 Å². The number of thiophene rings is 1. The number of nitrogens with zero attached hydrogens (tertiary/aromatic N) is 2. The van der Waals surface area contributed by atoms with Crippen molar-refractivity contribution in [2.24, 2.45) is 0 Å². The van der Waals surface area contributed by atoms with Crippen molar-refractivity contribution in [2.45, 2.75) is 32.0 Å². The molecule has 0 amide bonds. The second-order valence-corrected chi connectivity index (χ2v) is 8.04. The van der Waals surface area contributed by atoms with Gasteiger partial charge in [0.05, 0.1) is 23.9 Å². The Morgan fingerprint density at radius 3 is 2.56 bits per heavy atom. The molecule has 27 heavy (non-hydrogen) atoms. The number of ether oxygens (including phenoxy) is 1. The predicted molar refractivity (Wildman–Crippen MR) is 114 cm³/mol. The maximum Gasteiger partial charge on any atom is 0.174 e. The number of rotatable bonds is 5. The number of pyridine rings is 1. The topological polar surface area (TPSA) is 37.4 Å². The van der Waals surface area contributed by atoms with Crippen molar-refractivity contribution < 1.29 is 4.74 Å². The minimum Gasteiger partial charge on any atom is -0.491 e. The van der Waals surface area contributed by atoms with E-state index >= 15 is 0 Å². The van der Waals surface area contributed by atoms with Crippen LogP contribution in [-0.2, 0) is 0 Å². The molecular formula is C21H21N3OS2. The van der Waals surface area contributed by atoms with E-state index in [9.17, 15) is 0 Å². The Balaban J connectivity index is 1.71. The van der Waals surface area contributed by atoms with Crippen LogP contribution in [0.15, 0.2) is 66.2 Å². The Kier molecular flexibility index (Phi) is 5.09. The lowest BCUT2D eigenvalue weighted by molar-refractivity contribution is 0.242. The Morgan fingerprint density at radius 1 is 1.11 bits per heavy atom. The Labute approximate surface area is 168 Å². The molecule has 0 saturated carbocycles. The zero-order valence-electron chi connectivity index (χ0n) is 15.2. The van der Waals surface area contributed by atoms with Gasteiger partial charge < -0.3 is 15.0 Å². The van der Waals surface area contributed by atoms with Gasteiger partial charge in [0.1, 0.15) is 5.75 Å². The van der Waals surface area contributed by atoms with E-state index in [1.54, 1.807) is 11.3 Å². The van der Waals surface area contributed by atoms with Crippen molar-refractivity contribution in [2.75, 3.05) is 4.90 Å². The molecule has 0 aliphatic carbocycles. The van der Waals surface area contributed by atoms with Crippen LogP contribution in [0.1, 0.15) is 36.5 Å². The van der Waals surface area contributed by atoms with Crippen molar-refractivity contribution in [1.82, 2.24) is 10.3 Å². The zero-order chi connectivity index (χ0) is 18.8. The van der Waals surface area contributed by atoms with Gasteiger partial charge in [-0.3, -0.25) is 4.98 Å². The smallest absolute Gasteiger partial charge is 0.174 e. The summed E-state index contributed by atoms with van der Waals surface area (Å²) < 4.78 is 5.77. The molecule has 1 aromatic carbocycles. The Bertz CT molecular complexity index is 895. The quantitative estimate of drug-likeness (QED) is 0.608. The van der Waals surface area contributed by atoms with E-state index in [0.29, 0.717) is 5.11 Å². The van der Waals surface area contributed by atoms with Gasteiger partial charge in [0.25, 0.3) is 0 Å². The number of anilines is 1. The van der Waals surface area contributed by atoms with Gasteiger partial charge in [0, 0.05) is 16.8 Å². The fourth-order valence-electron chi connectivity index (χ4n) is 3.34. The zero-order valence-corrected chi connectivity index (χ0v) is 16.8. The summed E-state index contributed by atoms with van der Waals surface area (Å²) in [6.45, 7) is 4.05. The second-order valence-electron chi connectivity index (χ2n) is 6.67. The minimum absolute atomic E-state index is 0.00365. The summed E-state index contributed by atoms with van der Waals surface area (Å²) in [5.41, 5.74) is 2.03. The van der Waals surface area contributed by atoms with Gasteiger partial charge in [-0.2, -0.15) is 0 Å². The first-order valence-electron chi connectivity index (χ1n) is 8.94. The monoisotopic (exact) mass is 395 g/mol. The maximum atomic E-state index is 5.77. The highest BCUT2D eigenvalue weighted by atomic mass is 32.1. The molecule has 4 rings (SSSR count). The third-order valence-electron chi connectivity index (χ3n) is 4.42. The fraction of sp³-hybridized carbons (Fsp3) is 0.238. The van der Waals surface area contributed by atoms with Crippen LogP contribution < -0.4 is 15.0 Å². The average molecular weight is 396 g/mol. The molecule has 2 atom stereocenters. The van der Waals surface area contributed by atoms with Gasteiger partial charge >= 0.3 is 0 Å². The highest BCUT2D eigenvalue weighted by molar-refractivity contribution is 7.80. The molecule has 1 fully saturated rings. The first-order valence-corrected chi connectivity index (χ1v) is 10.2. The van der Waals surface area contributed by atoms with Gasteiger partial charge in [-0.1, -0.05) is 12.1 Å². The third-order valence-corrected chi connectivity index (χ3v) is 5.68. The molecule has 1 aliphatic rings. The molecule has 0 radical (unpaired) electrons. The Hall–Kier alpha value is -2.44. The molecule has 0 bridgehead atoms. The number of aromatic nitrogens is 1. The lowest BCUT2D eigenvalue weighted by Crippen LogP contribution is -2.29. The van der Waals surface area contributed by atoms with E-state index in [2.05, 4.69) is 44.8 Å². The van der Waals surface area contributed by atoms with Gasteiger partial charge in [0.15, 0.2) is 5.11 Å². The maximum absolute atomic E-state index is 5.77. The number of thiocarbonyl (C=S) groups is 1. The van der Waals surface area contributed by atoms with E-state index in [1.807, 2.05) is 50.4 Å². The van der Waals surface area contributed by atoms with E-state index in [0.717, 1.165) is 17.1 Å². The van der Waals surface area contributed by atoms with Gasteiger partial charge in [0.2, 0.25) is 0 Å². The second kappa shape index (κ2) is 7.66. The third kappa shape index (κ3) is 3.68. The van der Waals surface area contributed by atoms with Crippen LogP contribution in [0.5, 0.6) is 5.75 Å². The lowest BCUT2D eigenvalue weighted by Gasteiger charge is -2.27. The molecule has 3 heterocycles. The molecular weight excluding hydrogens is 374 g/mol. The lowest BCUT2D eigenvalue weighted by atomic mass is 10.0. The van der Waals surface area contributed by atoms with Crippen LogP contribution in [0.3, 0.4) is 0 Å². The fourth-order valence-corrected chi connectivity index (χ4v) is 4.54. The highest BCUT2D eigenvalue weighted by Gasteiger charge is 2.41. The summed E-state index contributed by atoms with van der Waals surface area (Å²) >= 11 is 7.45. The van der Waals surface area contributed by atoms with Gasteiger partial charge in [-0.25, -0.2) is 0 Å². The number of benzene rings is 1. The molecule has 1 aliphatic heterocycles. The van der Waals surface area contributed by atoms with Crippen LogP contribution >= 0.6 is 23.6 Å². The van der Waals surface area contributed by atoms with Crippen LogP contribution in [0, 0.1) is 0 Å². The van der Waals surface area contributed by atoms with Crippen LogP contribution in [0.2, 0.25) is 0 Å². The summed E-state index contributed by atoms with van der Waals surface area (Å²) in [6, 6.07) is 18.4. The number of hydrogen-bond acceptors (Lipinski definition) is 4. The van der Waals surface area contributed by atoms with Crippen LogP contribution in [0.25, 0.3) is 0 Å². The van der Waals surface area contributed by atoms with Crippen LogP contribution in [0.4, 0.5) is 5.69 Å². The first-order chi connectivity index (χ1) is 13.1. The first kappa shape index (κ1) is 17.9. The molecule has 1 N–H and O–H groups in total. The summed E-state index contributed by atoms with van der Waals surface area (Å²) in [4.78, 5) is 8.00. The molecule has 0 spiro atoms. The summed E-state index contributed by atoms with van der Waals surface area (Å²) in [7, 11) is 0. The molecule has 2 aromatic heterocycles. The molecule has 4 nitrogen and oxygen atoms in total. The van der Waals surface area contributed by atoms with Crippen LogP contribution in [-0.4, -0.2) is 16.2 Å². The largest absolute Gasteiger partial charge is 0.491 e. The van der Waals surface area contributed by atoms with Crippen molar-refractivity contribution in [3.05, 3.63) is 76.7 Å². The van der Waals surface area contributed by atoms with Crippen molar-refractivity contribution in [3.63, 3.8) is 0 Å². The molecule has 6 heteroatoms. The molecule has 1 saturated heterocycles. The molecule has 138 valence electrons. The normalized spacial score (nSPS) is 19.4. The van der Waals surface area contributed by atoms with E-state index in [1.165, 1.54) is 4.88 Å². The standard InChI is InChI=1S/C21H21N3OS2/c1-14(2)25-16-10-8-15(9-11-16)24-20(18-7-5-13-27-18)19(23-21(24)26)17-6-3-4-12-22-17/h3-14,19-20H,1-2H3,(H,23,26)/t19-,20-/m0/s1. The highest BCUT2D eigenvalue weighted by Crippen LogP contribution is 2.43. The summed E-state index contributed by atoms with van der Waals surface area (Å²) in [6.07, 6.45) is 1.98. The SMILES string of the molecule is CC(C)Oc1ccc(N2C(=S)N[C@@H](c3ccccn3)[C@@H]2c2cccs2)cc1. The van der Waals surface area contributed by atoms with E-state index in [4.69, 9.17) is 17.0 Å². The predicted octanol–water partition coefficient (Wildman–Crippen LogP) is 5.11. The van der Waals surface area contributed by atoms with Crippen molar-refractivity contribution in [3.8, 4) is 5.75 Å². The summed E-state index contributed by atoms with van der Waals surface area (Å²) in [5, 5.41) is 6.29. The average Bonchev–Trinajstić information content (AvgIpc) is 3.30. The number of hydrogen-bond donors (Lipinski definition) is 1. The molecule has 0 unspecified atom stereocenters.